The highest BCUT2D eigenvalue weighted by Gasteiger charge is 2.13. The van der Waals surface area contributed by atoms with Gasteiger partial charge in [0.05, 0.1) is 11.4 Å². The molecule has 0 amide bonds. The van der Waals surface area contributed by atoms with Crippen LogP contribution in [0, 0.1) is 6.92 Å². The van der Waals surface area contributed by atoms with Crippen molar-refractivity contribution in [3.05, 3.63) is 41.2 Å². The lowest BCUT2D eigenvalue weighted by Gasteiger charge is -2.10. The van der Waals surface area contributed by atoms with Crippen molar-refractivity contribution in [1.82, 2.24) is 9.78 Å². The zero-order chi connectivity index (χ0) is 14.7. The highest BCUT2D eigenvalue weighted by atomic mass is 16.5. The lowest BCUT2D eigenvalue weighted by Crippen LogP contribution is -2.08. The van der Waals surface area contributed by atoms with E-state index in [2.05, 4.69) is 5.10 Å². The van der Waals surface area contributed by atoms with Crippen molar-refractivity contribution in [2.75, 3.05) is 5.73 Å². The number of carboxylic acid groups (broad SMARTS) is 1. The van der Waals surface area contributed by atoms with E-state index in [0.29, 0.717) is 11.4 Å². The SMILES string of the molecule is CCn1nc(C)cc1COc1ccc(N)cc1C(=O)O. The zero-order valence-corrected chi connectivity index (χ0v) is 11.5. The zero-order valence-electron chi connectivity index (χ0n) is 11.5. The maximum Gasteiger partial charge on any atom is 0.339 e. The van der Waals surface area contributed by atoms with Gasteiger partial charge in [0.1, 0.15) is 17.9 Å². The molecule has 3 N–H and O–H groups in total. The third kappa shape index (κ3) is 2.90. The van der Waals surface area contributed by atoms with Gasteiger partial charge in [-0.2, -0.15) is 5.10 Å². The summed E-state index contributed by atoms with van der Waals surface area (Å²) in [7, 11) is 0. The molecule has 0 unspecified atom stereocenters. The van der Waals surface area contributed by atoms with E-state index in [1.54, 1.807) is 12.1 Å². The Balaban J connectivity index is 2.20. The van der Waals surface area contributed by atoms with Gasteiger partial charge in [0.15, 0.2) is 0 Å². The standard InChI is InChI=1S/C14H17N3O3/c1-3-17-11(6-9(2)16-17)8-20-13-5-4-10(15)7-12(13)14(18)19/h4-7H,3,8,15H2,1-2H3,(H,18,19). The first-order valence-electron chi connectivity index (χ1n) is 6.30. The third-order valence-electron chi connectivity index (χ3n) is 2.89. The van der Waals surface area contributed by atoms with Crippen LogP contribution in [0.4, 0.5) is 5.69 Å². The largest absolute Gasteiger partial charge is 0.486 e. The number of aromatic carboxylic acids is 1. The quantitative estimate of drug-likeness (QED) is 0.815. The Kier molecular flexibility index (Phi) is 3.93. The van der Waals surface area contributed by atoms with Gasteiger partial charge >= 0.3 is 5.97 Å². The lowest BCUT2D eigenvalue weighted by molar-refractivity contribution is 0.0691. The number of hydrogen-bond acceptors (Lipinski definition) is 4. The van der Waals surface area contributed by atoms with Crippen molar-refractivity contribution < 1.29 is 14.6 Å². The molecule has 0 aliphatic heterocycles. The molecule has 2 aromatic rings. The van der Waals surface area contributed by atoms with Crippen molar-refractivity contribution in [3.63, 3.8) is 0 Å². The number of carbonyl (C=O) groups is 1. The van der Waals surface area contributed by atoms with Crippen LogP contribution in [0.15, 0.2) is 24.3 Å². The van der Waals surface area contributed by atoms with Crippen LogP contribution < -0.4 is 10.5 Å². The summed E-state index contributed by atoms with van der Waals surface area (Å²) in [4.78, 5) is 11.2. The number of rotatable bonds is 5. The summed E-state index contributed by atoms with van der Waals surface area (Å²) in [5, 5.41) is 13.5. The summed E-state index contributed by atoms with van der Waals surface area (Å²) < 4.78 is 7.42. The monoisotopic (exact) mass is 275 g/mol. The number of nitrogen functional groups attached to an aromatic ring is 1. The number of hydrogen-bond donors (Lipinski definition) is 2. The van der Waals surface area contributed by atoms with Gasteiger partial charge in [-0.1, -0.05) is 0 Å². The van der Waals surface area contributed by atoms with E-state index in [9.17, 15) is 4.79 Å². The van der Waals surface area contributed by atoms with E-state index < -0.39 is 5.97 Å². The molecule has 106 valence electrons. The number of carboxylic acids is 1. The van der Waals surface area contributed by atoms with Crippen LogP contribution in [-0.2, 0) is 13.2 Å². The highest BCUT2D eigenvalue weighted by molar-refractivity contribution is 5.92. The third-order valence-corrected chi connectivity index (χ3v) is 2.89. The molecule has 20 heavy (non-hydrogen) atoms. The Labute approximate surface area is 116 Å². The van der Waals surface area contributed by atoms with Crippen molar-refractivity contribution in [1.29, 1.82) is 0 Å². The molecule has 1 heterocycles. The van der Waals surface area contributed by atoms with E-state index in [1.165, 1.54) is 6.07 Å². The second-order valence-corrected chi connectivity index (χ2v) is 4.44. The fourth-order valence-corrected chi connectivity index (χ4v) is 1.98. The molecule has 2 rings (SSSR count). The minimum atomic E-state index is -1.06. The normalized spacial score (nSPS) is 10.5. The Morgan fingerprint density at radius 3 is 2.85 bits per heavy atom. The fourth-order valence-electron chi connectivity index (χ4n) is 1.98. The van der Waals surface area contributed by atoms with Crippen molar-refractivity contribution in [2.24, 2.45) is 0 Å². The molecule has 6 heteroatoms. The molecule has 6 nitrogen and oxygen atoms in total. The van der Waals surface area contributed by atoms with Crippen molar-refractivity contribution >= 4 is 11.7 Å². The topological polar surface area (TPSA) is 90.4 Å². The smallest absolute Gasteiger partial charge is 0.339 e. The van der Waals surface area contributed by atoms with Gasteiger partial charge in [-0.3, -0.25) is 4.68 Å². The molecular weight excluding hydrogens is 258 g/mol. The molecule has 0 bridgehead atoms. The van der Waals surface area contributed by atoms with E-state index in [4.69, 9.17) is 15.6 Å². The molecule has 1 aromatic carbocycles. The summed E-state index contributed by atoms with van der Waals surface area (Å²) in [6, 6.07) is 6.49. The number of nitrogens with zero attached hydrogens (tertiary/aromatic N) is 2. The van der Waals surface area contributed by atoms with Gasteiger partial charge in [0, 0.05) is 12.2 Å². The first-order chi connectivity index (χ1) is 9.51. The van der Waals surface area contributed by atoms with Gasteiger partial charge in [-0.05, 0) is 38.1 Å². The van der Waals surface area contributed by atoms with Crippen LogP contribution in [0.1, 0.15) is 28.7 Å². The highest BCUT2D eigenvalue weighted by Crippen LogP contribution is 2.22. The average molecular weight is 275 g/mol. The van der Waals surface area contributed by atoms with Crippen molar-refractivity contribution in [2.45, 2.75) is 27.0 Å². The number of aromatic nitrogens is 2. The molecule has 0 fully saturated rings. The molecule has 1 aromatic heterocycles. The number of nitrogens with two attached hydrogens (primary N) is 1. The summed E-state index contributed by atoms with van der Waals surface area (Å²) in [5.74, 6) is -0.763. The summed E-state index contributed by atoms with van der Waals surface area (Å²) >= 11 is 0. The molecule has 0 radical (unpaired) electrons. The first kappa shape index (κ1) is 13.9. The Morgan fingerprint density at radius 2 is 2.20 bits per heavy atom. The molecule has 0 aliphatic carbocycles. The number of ether oxygens (including phenoxy) is 1. The maximum absolute atomic E-state index is 11.2. The molecule has 0 spiro atoms. The van der Waals surface area contributed by atoms with Gasteiger partial charge < -0.3 is 15.6 Å². The second-order valence-electron chi connectivity index (χ2n) is 4.44. The Hall–Kier alpha value is -2.50. The molecular formula is C14H17N3O3. The van der Waals surface area contributed by atoms with Crippen molar-refractivity contribution in [3.8, 4) is 5.75 Å². The first-order valence-corrected chi connectivity index (χ1v) is 6.30. The van der Waals surface area contributed by atoms with Gasteiger partial charge in [-0.25, -0.2) is 4.79 Å². The van der Waals surface area contributed by atoms with E-state index in [1.807, 2.05) is 24.6 Å². The summed E-state index contributed by atoms with van der Waals surface area (Å²) in [5.41, 5.74) is 7.85. The van der Waals surface area contributed by atoms with Crippen LogP contribution in [0.3, 0.4) is 0 Å². The average Bonchev–Trinajstić information content (AvgIpc) is 2.77. The molecule has 0 aliphatic rings. The van der Waals surface area contributed by atoms with Crippen LogP contribution in [-0.4, -0.2) is 20.9 Å². The number of aryl methyl sites for hydroxylation is 2. The predicted octanol–water partition coefficient (Wildman–Crippen LogP) is 2.07. The minimum absolute atomic E-state index is 0.0595. The van der Waals surface area contributed by atoms with E-state index in [0.717, 1.165) is 17.9 Å². The molecule has 0 saturated carbocycles. The van der Waals surface area contributed by atoms with Crippen LogP contribution in [0.5, 0.6) is 5.75 Å². The number of benzene rings is 1. The van der Waals surface area contributed by atoms with Crippen LogP contribution in [0.2, 0.25) is 0 Å². The molecule has 0 saturated heterocycles. The Morgan fingerprint density at radius 1 is 1.45 bits per heavy atom. The van der Waals surface area contributed by atoms with Gasteiger partial charge in [0.25, 0.3) is 0 Å². The van der Waals surface area contributed by atoms with Crippen LogP contribution in [0.25, 0.3) is 0 Å². The summed E-state index contributed by atoms with van der Waals surface area (Å²) in [6.45, 7) is 4.89. The number of anilines is 1. The Bertz CT molecular complexity index is 635. The molecule has 0 atom stereocenters. The van der Waals surface area contributed by atoms with E-state index >= 15 is 0 Å². The van der Waals surface area contributed by atoms with Crippen LogP contribution >= 0.6 is 0 Å². The predicted molar refractivity (Wildman–Crippen MR) is 74.8 cm³/mol. The maximum atomic E-state index is 11.2. The van der Waals surface area contributed by atoms with Gasteiger partial charge in [0.2, 0.25) is 0 Å². The minimum Gasteiger partial charge on any atom is -0.486 e. The lowest BCUT2D eigenvalue weighted by atomic mass is 10.2. The second kappa shape index (κ2) is 5.64. The van der Waals surface area contributed by atoms with Gasteiger partial charge in [-0.15, -0.1) is 0 Å². The fraction of sp³-hybridized carbons (Fsp3) is 0.286. The summed E-state index contributed by atoms with van der Waals surface area (Å²) in [6.07, 6.45) is 0. The van der Waals surface area contributed by atoms with E-state index in [-0.39, 0.29) is 12.2 Å².